The Bertz CT molecular complexity index is 805. The summed E-state index contributed by atoms with van der Waals surface area (Å²) in [5.41, 5.74) is 0.507. The van der Waals surface area contributed by atoms with E-state index in [1.807, 2.05) is 0 Å². The van der Waals surface area contributed by atoms with E-state index < -0.39 is 12.3 Å². The molecule has 0 saturated carbocycles. The first kappa shape index (κ1) is 20.0. The van der Waals surface area contributed by atoms with Gasteiger partial charge in [0.15, 0.2) is 0 Å². The van der Waals surface area contributed by atoms with Crippen LogP contribution in [0, 0.1) is 0 Å². The molecule has 1 aromatic carbocycles. The number of carboxylic acid groups (broad SMARTS) is 1. The maximum atomic E-state index is 12.2. The summed E-state index contributed by atoms with van der Waals surface area (Å²) in [5, 5.41) is 20.9. The Morgan fingerprint density at radius 1 is 1.19 bits per heavy atom. The molecule has 0 bridgehead atoms. The maximum absolute atomic E-state index is 12.2. The molecule has 1 heterocycles. The van der Waals surface area contributed by atoms with Crippen molar-refractivity contribution in [1.29, 1.82) is 0 Å². The van der Waals surface area contributed by atoms with Crippen molar-refractivity contribution in [2.45, 2.75) is 25.6 Å². The minimum Gasteiger partial charge on any atom is -0.477 e. The number of halogens is 3. The predicted molar refractivity (Wildman–Crippen MR) is 87.2 cm³/mol. The maximum Gasteiger partial charge on any atom is 0.573 e. The molecule has 2 aromatic rings. The molecule has 0 fully saturated rings. The summed E-state index contributed by atoms with van der Waals surface area (Å²) in [6.45, 7) is 1.76. The third-order valence-electron chi connectivity index (χ3n) is 3.47. The van der Waals surface area contributed by atoms with Gasteiger partial charge < -0.3 is 19.8 Å². The zero-order valence-electron chi connectivity index (χ0n) is 14.0. The average Bonchev–Trinajstić information content (AvgIpc) is 2.60. The highest BCUT2D eigenvalue weighted by molar-refractivity contribution is 5.85. The van der Waals surface area contributed by atoms with Gasteiger partial charge in [0.05, 0.1) is 6.20 Å². The van der Waals surface area contributed by atoms with Crippen molar-refractivity contribution in [3.63, 3.8) is 0 Å². The van der Waals surface area contributed by atoms with E-state index in [1.165, 1.54) is 42.6 Å². The van der Waals surface area contributed by atoms with Crippen LogP contribution in [0.4, 0.5) is 13.2 Å². The highest BCUT2D eigenvalue weighted by atomic mass is 19.4. The van der Waals surface area contributed by atoms with Crippen molar-refractivity contribution >= 4 is 11.9 Å². The average molecular weight is 384 g/mol. The molecule has 0 amide bonds. The van der Waals surface area contributed by atoms with Gasteiger partial charge in [-0.3, -0.25) is 0 Å². The summed E-state index contributed by atoms with van der Waals surface area (Å²) in [6.07, 6.45) is -3.46. The minimum absolute atomic E-state index is 0.0667. The van der Waals surface area contributed by atoms with Crippen molar-refractivity contribution in [2.75, 3.05) is 0 Å². The van der Waals surface area contributed by atoms with Crippen LogP contribution >= 0.6 is 0 Å². The van der Waals surface area contributed by atoms with Crippen molar-refractivity contribution in [1.82, 2.24) is 4.98 Å². The van der Waals surface area contributed by atoms with Crippen LogP contribution in [0.1, 0.15) is 35.3 Å². The molecule has 0 radical (unpaired) electrons. The molecule has 0 spiro atoms. The van der Waals surface area contributed by atoms with Gasteiger partial charge >= 0.3 is 12.3 Å². The molecule has 2 N–H and O–H groups in total. The number of carbonyl (C=O) groups is 1. The number of alkyl halides is 3. The van der Waals surface area contributed by atoms with Crippen molar-refractivity contribution in [3.05, 3.63) is 53.9 Å². The van der Waals surface area contributed by atoms with Crippen LogP contribution in [-0.2, 0) is 0 Å². The molecule has 1 unspecified atom stereocenters. The van der Waals surface area contributed by atoms with Crippen molar-refractivity contribution in [2.24, 2.45) is 5.16 Å². The van der Waals surface area contributed by atoms with Gasteiger partial charge in [-0.05, 0) is 35.7 Å². The highest BCUT2D eigenvalue weighted by Gasteiger charge is 2.31. The summed E-state index contributed by atoms with van der Waals surface area (Å²) in [4.78, 5) is 14.4. The van der Waals surface area contributed by atoms with Crippen LogP contribution < -0.4 is 9.47 Å². The summed E-state index contributed by atoms with van der Waals surface area (Å²) in [6, 6.07) is 7.88. The zero-order chi connectivity index (χ0) is 20.0. The van der Waals surface area contributed by atoms with Gasteiger partial charge in [0.1, 0.15) is 17.2 Å². The second kappa shape index (κ2) is 8.39. The largest absolute Gasteiger partial charge is 0.573 e. The van der Waals surface area contributed by atoms with Gasteiger partial charge in [-0.25, -0.2) is 9.78 Å². The normalized spacial score (nSPS) is 13.1. The fraction of sp³-hybridized carbons (Fsp3) is 0.235. The zero-order valence-corrected chi connectivity index (χ0v) is 14.0. The lowest BCUT2D eigenvalue weighted by Gasteiger charge is -2.14. The Hall–Kier alpha value is -3.30. The van der Waals surface area contributed by atoms with Crippen molar-refractivity contribution in [3.8, 4) is 11.5 Å². The quantitative estimate of drug-likeness (QED) is 0.337. The van der Waals surface area contributed by atoms with E-state index in [-0.39, 0.29) is 35.4 Å². The Balaban J connectivity index is 2.00. The molecule has 0 aliphatic heterocycles. The summed E-state index contributed by atoms with van der Waals surface area (Å²) >= 11 is 0. The first-order valence-electron chi connectivity index (χ1n) is 7.62. The monoisotopic (exact) mass is 384 g/mol. The van der Waals surface area contributed by atoms with E-state index in [0.717, 1.165) is 0 Å². The molecule has 1 aromatic heterocycles. The fourth-order valence-corrected chi connectivity index (χ4v) is 2.18. The Labute approximate surface area is 151 Å². The summed E-state index contributed by atoms with van der Waals surface area (Å²) in [7, 11) is 0. The van der Waals surface area contributed by atoms with Gasteiger partial charge in [-0.1, -0.05) is 24.2 Å². The van der Waals surface area contributed by atoms with Crippen LogP contribution in [0.25, 0.3) is 0 Å². The van der Waals surface area contributed by atoms with E-state index >= 15 is 0 Å². The molecule has 0 aliphatic rings. The second-order valence-electron chi connectivity index (χ2n) is 5.50. The molecular weight excluding hydrogens is 369 g/mol. The number of carboxylic acids is 1. The third kappa shape index (κ3) is 6.17. The number of benzene rings is 1. The lowest BCUT2D eigenvalue weighted by Crippen LogP contribution is -2.17. The van der Waals surface area contributed by atoms with E-state index in [1.54, 1.807) is 6.92 Å². The lowest BCUT2D eigenvalue weighted by atomic mass is 9.98. The van der Waals surface area contributed by atoms with Gasteiger partial charge in [0.2, 0.25) is 5.90 Å². The molecule has 1 atom stereocenters. The molecule has 7 nitrogen and oxygen atoms in total. The number of oxime groups is 1. The number of ether oxygens (including phenoxy) is 2. The first-order valence-corrected chi connectivity index (χ1v) is 7.62. The van der Waals surface area contributed by atoms with Crippen LogP contribution in [0.2, 0.25) is 0 Å². The Morgan fingerprint density at radius 3 is 2.30 bits per heavy atom. The number of hydrogen-bond donors (Lipinski definition) is 2. The van der Waals surface area contributed by atoms with Gasteiger partial charge in [-0.15, -0.1) is 13.2 Å². The summed E-state index contributed by atoms with van der Waals surface area (Å²) < 4.78 is 45.7. The number of rotatable bonds is 6. The van der Waals surface area contributed by atoms with E-state index in [4.69, 9.17) is 15.1 Å². The van der Waals surface area contributed by atoms with Gasteiger partial charge in [0, 0.05) is 6.42 Å². The number of pyridine rings is 1. The number of aromatic nitrogens is 1. The standard InChI is InChI=1S/C17H15F3N2O5/c1-10(11-2-4-12(5-3-11)27-17(18,19)20)8-15(22-25)26-13-6-7-14(16(23)24)21-9-13/h2-7,9-10,25H,8H2,1H3,(H,23,24)/b22-15+. The highest BCUT2D eigenvalue weighted by Crippen LogP contribution is 2.26. The summed E-state index contributed by atoms with van der Waals surface area (Å²) in [5.74, 6) is -1.67. The first-order chi connectivity index (χ1) is 12.7. The smallest absolute Gasteiger partial charge is 0.477 e. The van der Waals surface area contributed by atoms with Crippen LogP contribution in [0.5, 0.6) is 11.5 Å². The topological polar surface area (TPSA) is 101 Å². The number of hydrogen-bond acceptors (Lipinski definition) is 6. The van der Waals surface area contributed by atoms with Crippen LogP contribution in [-0.4, -0.2) is 33.5 Å². The van der Waals surface area contributed by atoms with Crippen molar-refractivity contribution < 1.29 is 37.8 Å². The predicted octanol–water partition coefficient (Wildman–Crippen LogP) is 4.04. The molecule has 27 heavy (non-hydrogen) atoms. The molecule has 144 valence electrons. The van der Waals surface area contributed by atoms with Crippen LogP contribution in [0.3, 0.4) is 0 Å². The Kier molecular flexibility index (Phi) is 6.22. The number of nitrogens with zero attached hydrogens (tertiary/aromatic N) is 2. The van der Waals surface area contributed by atoms with Gasteiger partial charge in [0.25, 0.3) is 0 Å². The lowest BCUT2D eigenvalue weighted by molar-refractivity contribution is -0.274. The third-order valence-corrected chi connectivity index (χ3v) is 3.47. The second-order valence-corrected chi connectivity index (χ2v) is 5.50. The molecule has 0 saturated heterocycles. The van der Waals surface area contributed by atoms with E-state index in [2.05, 4.69) is 14.9 Å². The van der Waals surface area contributed by atoms with E-state index in [0.29, 0.717) is 5.56 Å². The molecule has 0 aliphatic carbocycles. The molecular formula is C17H15F3N2O5. The minimum atomic E-state index is -4.76. The van der Waals surface area contributed by atoms with Gasteiger partial charge in [-0.2, -0.15) is 0 Å². The fourth-order valence-electron chi connectivity index (χ4n) is 2.18. The van der Waals surface area contributed by atoms with Crippen LogP contribution in [0.15, 0.2) is 47.8 Å². The number of aromatic carboxylic acids is 1. The SMILES string of the molecule is CC(C/C(=N\O)Oc1ccc(C(=O)O)nc1)c1ccc(OC(F)(F)F)cc1. The molecule has 2 rings (SSSR count). The Morgan fingerprint density at radius 2 is 1.81 bits per heavy atom. The molecule has 10 heteroatoms. The van der Waals surface area contributed by atoms with E-state index in [9.17, 15) is 18.0 Å².